The molecule has 84 valence electrons. The predicted molar refractivity (Wildman–Crippen MR) is 58.5 cm³/mol. The van der Waals surface area contributed by atoms with Gasteiger partial charge in [-0.05, 0) is 32.1 Å². The van der Waals surface area contributed by atoms with Gasteiger partial charge in [-0.25, -0.2) is 0 Å². The Morgan fingerprint density at radius 1 is 1.40 bits per heavy atom. The smallest absolute Gasteiger partial charge is 0.304 e. The summed E-state index contributed by atoms with van der Waals surface area (Å²) in [4.78, 5) is 13.2. The third-order valence-corrected chi connectivity index (χ3v) is 3.42. The van der Waals surface area contributed by atoms with Gasteiger partial charge in [-0.1, -0.05) is 6.08 Å². The average molecular weight is 209 g/mol. The minimum atomic E-state index is -0.660. The first kappa shape index (κ1) is 10.5. The highest BCUT2D eigenvalue weighted by Crippen LogP contribution is 2.31. The summed E-state index contributed by atoms with van der Waals surface area (Å²) in [5, 5.41) is 8.88. The van der Waals surface area contributed by atoms with Crippen molar-refractivity contribution < 1.29 is 9.90 Å². The quantitative estimate of drug-likeness (QED) is 0.775. The molecule has 0 amide bonds. The molecular formula is C12H19NO2. The Morgan fingerprint density at radius 3 is 2.80 bits per heavy atom. The van der Waals surface area contributed by atoms with Crippen molar-refractivity contribution in [1.82, 2.24) is 4.90 Å². The summed E-state index contributed by atoms with van der Waals surface area (Å²) in [6.07, 6.45) is 8.42. The van der Waals surface area contributed by atoms with Gasteiger partial charge < -0.3 is 10.0 Å². The van der Waals surface area contributed by atoms with E-state index in [9.17, 15) is 4.79 Å². The van der Waals surface area contributed by atoms with Gasteiger partial charge in [0.2, 0.25) is 0 Å². The maximum absolute atomic E-state index is 10.8. The van der Waals surface area contributed by atoms with Crippen molar-refractivity contribution in [3.63, 3.8) is 0 Å². The summed E-state index contributed by atoms with van der Waals surface area (Å²) in [5.41, 5.74) is 1.32. The van der Waals surface area contributed by atoms with Crippen LogP contribution in [-0.2, 0) is 4.79 Å². The van der Waals surface area contributed by atoms with Crippen LogP contribution in [0.4, 0.5) is 0 Å². The van der Waals surface area contributed by atoms with Crippen molar-refractivity contribution in [2.45, 2.75) is 38.5 Å². The molecule has 1 N–H and O–H groups in total. The fraction of sp³-hybridized carbons (Fsp3) is 0.750. The van der Waals surface area contributed by atoms with Gasteiger partial charge in [0.25, 0.3) is 0 Å². The van der Waals surface area contributed by atoms with Crippen LogP contribution in [0, 0.1) is 5.92 Å². The Labute approximate surface area is 90.8 Å². The van der Waals surface area contributed by atoms with E-state index >= 15 is 0 Å². The second-order valence-electron chi connectivity index (χ2n) is 4.55. The van der Waals surface area contributed by atoms with Crippen LogP contribution in [0.15, 0.2) is 11.8 Å². The molecule has 0 aromatic carbocycles. The van der Waals surface area contributed by atoms with Crippen LogP contribution >= 0.6 is 0 Å². The lowest BCUT2D eigenvalue weighted by Crippen LogP contribution is -2.27. The minimum Gasteiger partial charge on any atom is -0.481 e. The molecule has 1 saturated heterocycles. The summed E-state index contributed by atoms with van der Waals surface area (Å²) in [6, 6.07) is 0. The first-order chi connectivity index (χ1) is 7.27. The normalized spacial score (nSPS) is 26.5. The molecule has 2 rings (SSSR count). The number of hydrogen-bond donors (Lipinski definition) is 1. The van der Waals surface area contributed by atoms with Gasteiger partial charge in [0, 0.05) is 24.7 Å². The van der Waals surface area contributed by atoms with E-state index in [2.05, 4.69) is 11.0 Å². The number of likely N-dealkylation sites (tertiary alicyclic amines) is 1. The Hall–Kier alpha value is -0.990. The number of nitrogens with zero attached hydrogens (tertiary/aromatic N) is 1. The molecule has 15 heavy (non-hydrogen) atoms. The number of hydrogen-bond acceptors (Lipinski definition) is 2. The number of aliphatic carboxylic acids is 1. The Balaban J connectivity index is 2.04. The summed E-state index contributed by atoms with van der Waals surface area (Å²) >= 11 is 0. The van der Waals surface area contributed by atoms with Gasteiger partial charge in [-0.2, -0.15) is 0 Å². The van der Waals surface area contributed by atoms with E-state index in [1.165, 1.54) is 18.5 Å². The highest BCUT2D eigenvalue weighted by Gasteiger charge is 2.26. The van der Waals surface area contributed by atoms with E-state index in [4.69, 9.17) is 5.11 Å². The van der Waals surface area contributed by atoms with Crippen molar-refractivity contribution >= 4 is 5.97 Å². The van der Waals surface area contributed by atoms with Gasteiger partial charge in [0.1, 0.15) is 0 Å². The zero-order valence-electron chi connectivity index (χ0n) is 9.11. The van der Waals surface area contributed by atoms with Crippen LogP contribution in [-0.4, -0.2) is 29.1 Å². The van der Waals surface area contributed by atoms with E-state index < -0.39 is 5.97 Å². The number of carbonyl (C=O) groups is 1. The third kappa shape index (κ3) is 2.52. The number of carboxylic acids is 1. The van der Waals surface area contributed by atoms with Crippen molar-refractivity contribution in [3.05, 3.63) is 11.8 Å². The molecule has 0 spiro atoms. The van der Waals surface area contributed by atoms with Crippen molar-refractivity contribution in [2.75, 3.05) is 13.1 Å². The second kappa shape index (κ2) is 4.69. The molecule has 1 atom stereocenters. The molecule has 1 aliphatic heterocycles. The monoisotopic (exact) mass is 209 g/mol. The van der Waals surface area contributed by atoms with E-state index in [1.54, 1.807) is 0 Å². The van der Waals surface area contributed by atoms with Crippen LogP contribution < -0.4 is 0 Å². The van der Waals surface area contributed by atoms with Crippen LogP contribution in [0.5, 0.6) is 0 Å². The highest BCUT2D eigenvalue weighted by atomic mass is 16.4. The molecule has 1 unspecified atom stereocenters. The largest absolute Gasteiger partial charge is 0.481 e. The standard InChI is InChI=1S/C12H19NO2/c14-12(15)9-10-5-1-2-6-11(10)13-7-3-4-8-13/h6,10H,1-5,7-9H2,(H,14,15). The lowest BCUT2D eigenvalue weighted by atomic mass is 9.89. The van der Waals surface area contributed by atoms with Crippen LogP contribution in [0.25, 0.3) is 0 Å². The van der Waals surface area contributed by atoms with Crippen molar-refractivity contribution in [3.8, 4) is 0 Å². The number of allylic oxidation sites excluding steroid dienone is 2. The van der Waals surface area contributed by atoms with Crippen LogP contribution in [0.2, 0.25) is 0 Å². The van der Waals surface area contributed by atoms with Gasteiger partial charge in [0.05, 0.1) is 6.42 Å². The maximum atomic E-state index is 10.8. The Morgan fingerprint density at radius 2 is 2.13 bits per heavy atom. The fourth-order valence-electron chi connectivity index (χ4n) is 2.71. The molecule has 3 heteroatoms. The molecule has 0 aromatic heterocycles. The van der Waals surface area contributed by atoms with Gasteiger partial charge >= 0.3 is 5.97 Å². The summed E-state index contributed by atoms with van der Waals surface area (Å²) < 4.78 is 0. The topological polar surface area (TPSA) is 40.5 Å². The molecular weight excluding hydrogens is 190 g/mol. The first-order valence-corrected chi connectivity index (χ1v) is 5.94. The zero-order valence-corrected chi connectivity index (χ0v) is 9.11. The fourth-order valence-corrected chi connectivity index (χ4v) is 2.71. The van der Waals surface area contributed by atoms with Crippen molar-refractivity contribution in [1.29, 1.82) is 0 Å². The average Bonchev–Trinajstić information content (AvgIpc) is 2.70. The molecule has 3 nitrogen and oxygen atoms in total. The van der Waals surface area contributed by atoms with Gasteiger partial charge in [-0.15, -0.1) is 0 Å². The summed E-state index contributed by atoms with van der Waals surface area (Å²) in [6.45, 7) is 2.25. The van der Waals surface area contributed by atoms with Crippen LogP contribution in [0.1, 0.15) is 38.5 Å². The lowest BCUT2D eigenvalue weighted by molar-refractivity contribution is -0.138. The first-order valence-electron chi connectivity index (χ1n) is 5.94. The number of carboxylic acid groups (broad SMARTS) is 1. The molecule has 1 fully saturated rings. The lowest BCUT2D eigenvalue weighted by Gasteiger charge is -2.31. The van der Waals surface area contributed by atoms with E-state index in [-0.39, 0.29) is 5.92 Å². The molecule has 0 radical (unpaired) electrons. The summed E-state index contributed by atoms with van der Waals surface area (Å²) in [7, 11) is 0. The van der Waals surface area contributed by atoms with E-state index in [0.717, 1.165) is 32.4 Å². The second-order valence-corrected chi connectivity index (χ2v) is 4.55. The van der Waals surface area contributed by atoms with E-state index in [1.807, 2.05) is 0 Å². The molecule has 2 aliphatic rings. The Kier molecular flexibility index (Phi) is 3.29. The van der Waals surface area contributed by atoms with Crippen LogP contribution in [0.3, 0.4) is 0 Å². The summed E-state index contributed by atoms with van der Waals surface area (Å²) in [5.74, 6) is -0.388. The molecule has 1 heterocycles. The highest BCUT2D eigenvalue weighted by molar-refractivity contribution is 5.67. The minimum absolute atomic E-state index is 0.273. The molecule has 0 aromatic rings. The third-order valence-electron chi connectivity index (χ3n) is 3.42. The Bertz CT molecular complexity index is 267. The predicted octanol–water partition coefficient (Wildman–Crippen LogP) is 2.24. The van der Waals surface area contributed by atoms with Crippen molar-refractivity contribution in [2.24, 2.45) is 5.92 Å². The molecule has 1 aliphatic carbocycles. The maximum Gasteiger partial charge on any atom is 0.304 e. The van der Waals surface area contributed by atoms with E-state index in [0.29, 0.717) is 6.42 Å². The van der Waals surface area contributed by atoms with Gasteiger partial charge in [0.15, 0.2) is 0 Å². The van der Waals surface area contributed by atoms with Gasteiger partial charge in [-0.3, -0.25) is 4.79 Å². The zero-order chi connectivity index (χ0) is 10.7. The molecule has 0 saturated carbocycles. The SMILES string of the molecule is O=C(O)CC1CCCC=C1N1CCCC1. The molecule has 0 bridgehead atoms. The number of rotatable bonds is 3.